The Bertz CT molecular complexity index is 648. The normalized spacial score (nSPS) is 11.8. The molecule has 0 aliphatic heterocycles. The Morgan fingerprint density at radius 3 is 2.68 bits per heavy atom. The van der Waals surface area contributed by atoms with Crippen LogP contribution in [0.25, 0.3) is 6.08 Å². The highest BCUT2D eigenvalue weighted by molar-refractivity contribution is 5.87. The largest absolute Gasteiger partial charge is 0.462 e. The van der Waals surface area contributed by atoms with Gasteiger partial charge in [-0.1, -0.05) is 30.3 Å². The molecule has 0 saturated heterocycles. The lowest BCUT2D eigenvalue weighted by atomic mass is 10.2. The molecule has 2 rings (SSSR count). The second kappa shape index (κ2) is 6.93. The lowest BCUT2D eigenvalue weighted by Gasteiger charge is -2.06. The second-order valence-corrected chi connectivity index (χ2v) is 4.43. The van der Waals surface area contributed by atoms with Gasteiger partial charge in [-0.3, -0.25) is 5.10 Å². The zero-order valence-electron chi connectivity index (χ0n) is 11.4. The van der Waals surface area contributed by atoms with Gasteiger partial charge in [-0.25, -0.2) is 4.79 Å². The highest BCUT2D eigenvalue weighted by atomic mass is 19.4. The van der Waals surface area contributed by atoms with Crippen LogP contribution in [-0.2, 0) is 22.1 Å². The van der Waals surface area contributed by atoms with Crippen LogP contribution in [0.5, 0.6) is 0 Å². The molecule has 0 fully saturated rings. The number of aromatic amines is 1. The smallest absolute Gasteiger partial charge is 0.433 e. The van der Waals surface area contributed by atoms with Gasteiger partial charge in [-0.2, -0.15) is 18.3 Å². The van der Waals surface area contributed by atoms with E-state index in [1.54, 1.807) is 6.08 Å². The van der Waals surface area contributed by atoms with Crippen LogP contribution >= 0.6 is 0 Å². The van der Waals surface area contributed by atoms with Gasteiger partial charge in [0, 0.05) is 18.1 Å². The van der Waals surface area contributed by atoms with Crippen molar-refractivity contribution in [2.24, 2.45) is 0 Å². The zero-order chi connectivity index (χ0) is 16.0. The lowest BCUT2D eigenvalue weighted by Crippen LogP contribution is -2.11. The van der Waals surface area contributed by atoms with E-state index in [1.807, 2.05) is 35.4 Å². The fraction of sp³-hybridized carbons (Fsp3) is 0.200. The van der Waals surface area contributed by atoms with Crippen LogP contribution in [-0.4, -0.2) is 22.8 Å². The average molecular weight is 310 g/mol. The average Bonchev–Trinajstić information content (AvgIpc) is 2.95. The third kappa shape index (κ3) is 4.47. The molecule has 1 N–H and O–H groups in total. The Hall–Kier alpha value is -2.57. The summed E-state index contributed by atoms with van der Waals surface area (Å²) in [4.78, 5) is 11.5. The minimum absolute atomic E-state index is 0.0349. The predicted molar refractivity (Wildman–Crippen MR) is 73.7 cm³/mol. The van der Waals surface area contributed by atoms with Crippen LogP contribution in [0.3, 0.4) is 0 Å². The maximum absolute atomic E-state index is 12.6. The number of carbonyl (C=O) groups excluding carboxylic acids is 1. The van der Waals surface area contributed by atoms with E-state index in [0.29, 0.717) is 0 Å². The number of hydrogen-bond acceptors (Lipinski definition) is 3. The summed E-state index contributed by atoms with van der Waals surface area (Å²) < 4.78 is 42.6. The predicted octanol–water partition coefficient (Wildman–Crippen LogP) is 3.23. The van der Waals surface area contributed by atoms with Crippen LogP contribution in [0.2, 0.25) is 0 Å². The molecule has 4 nitrogen and oxygen atoms in total. The lowest BCUT2D eigenvalue weighted by molar-refractivity contribution is -0.141. The minimum Gasteiger partial charge on any atom is -0.462 e. The summed E-state index contributed by atoms with van der Waals surface area (Å²) >= 11 is 0. The standard InChI is InChI=1S/C15H13F3N2O2/c16-15(17,18)14-12(10-19-20-14)8-9-22-13(21)7-6-11-4-2-1-3-5-11/h1-7,10H,8-9H2,(H,19,20). The number of benzene rings is 1. The summed E-state index contributed by atoms with van der Waals surface area (Å²) in [5.41, 5.74) is -0.121. The number of aromatic nitrogens is 2. The van der Waals surface area contributed by atoms with Crippen molar-refractivity contribution < 1.29 is 22.7 Å². The Kier molecular flexibility index (Phi) is 4.98. The molecule has 2 aromatic rings. The van der Waals surface area contributed by atoms with E-state index in [-0.39, 0.29) is 18.6 Å². The third-order valence-corrected chi connectivity index (χ3v) is 2.83. The minimum atomic E-state index is -4.50. The fourth-order valence-corrected chi connectivity index (χ4v) is 1.78. The summed E-state index contributed by atoms with van der Waals surface area (Å²) in [6.45, 7) is -0.152. The van der Waals surface area contributed by atoms with E-state index < -0.39 is 17.8 Å². The van der Waals surface area contributed by atoms with Crippen molar-refractivity contribution in [1.82, 2.24) is 10.2 Å². The van der Waals surface area contributed by atoms with Crippen LogP contribution in [0.15, 0.2) is 42.6 Å². The summed E-state index contributed by atoms with van der Waals surface area (Å²) in [5, 5.41) is 5.26. The summed E-state index contributed by atoms with van der Waals surface area (Å²) in [6, 6.07) is 9.11. The molecule has 0 bridgehead atoms. The van der Waals surface area contributed by atoms with Crippen molar-refractivity contribution in [2.75, 3.05) is 6.61 Å². The van der Waals surface area contributed by atoms with E-state index in [4.69, 9.17) is 4.74 Å². The quantitative estimate of drug-likeness (QED) is 0.681. The van der Waals surface area contributed by atoms with Crippen molar-refractivity contribution in [1.29, 1.82) is 0 Å². The molecule has 0 atom stereocenters. The SMILES string of the molecule is O=C(C=Cc1ccccc1)OCCc1cn[nH]c1C(F)(F)F. The highest BCUT2D eigenvalue weighted by Gasteiger charge is 2.35. The number of alkyl halides is 3. The van der Waals surface area contributed by atoms with Crippen molar-refractivity contribution in [3.8, 4) is 0 Å². The van der Waals surface area contributed by atoms with Gasteiger partial charge < -0.3 is 4.74 Å². The van der Waals surface area contributed by atoms with Gasteiger partial charge >= 0.3 is 12.1 Å². The monoisotopic (exact) mass is 310 g/mol. The van der Waals surface area contributed by atoms with Gasteiger partial charge in [0.1, 0.15) is 5.69 Å². The van der Waals surface area contributed by atoms with Gasteiger partial charge in [-0.15, -0.1) is 0 Å². The Labute approximate surface area is 124 Å². The maximum Gasteiger partial charge on any atom is 0.433 e. The Morgan fingerprint density at radius 2 is 2.00 bits per heavy atom. The van der Waals surface area contributed by atoms with Crippen LogP contribution in [0.4, 0.5) is 13.2 Å². The molecule has 116 valence electrons. The maximum atomic E-state index is 12.6. The molecule has 22 heavy (non-hydrogen) atoms. The van der Waals surface area contributed by atoms with Crippen molar-refractivity contribution >= 4 is 12.0 Å². The molecule has 0 spiro atoms. The molecule has 0 aliphatic carbocycles. The number of esters is 1. The first-order valence-electron chi connectivity index (χ1n) is 6.46. The Morgan fingerprint density at radius 1 is 1.27 bits per heavy atom. The van der Waals surface area contributed by atoms with Crippen LogP contribution in [0, 0.1) is 0 Å². The molecular weight excluding hydrogens is 297 g/mol. The second-order valence-electron chi connectivity index (χ2n) is 4.43. The molecule has 1 heterocycles. The first kappa shape index (κ1) is 15.8. The third-order valence-electron chi connectivity index (χ3n) is 2.83. The topological polar surface area (TPSA) is 55.0 Å². The molecule has 0 saturated carbocycles. The molecule has 1 aromatic heterocycles. The van der Waals surface area contributed by atoms with Gasteiger partial charge in [0.15, 0.2) is 0 Å². The number of hydrogen-bond donors (Lipinski definition) is 1. The number of H-pyrrole nitrogens is 1. The van der Waals surface area contributed by atoms with E-state index in [0.717, 1.165) is 11.8 Å². The molecule has 7 heteroatoms. The Balaban J connectivity index is 1.83. The molecular formula is C15H13F3N2O2. The van der Waals surface area contributed by atoms with Crippen molar-refractivity contribution in [2.45, 2.75) is 12.6 Å². The van der Waals surface area contributed by atoms with E-state index in [1.165, 1.54) is 6.08 Å². The highest BCUT2D eigenvalue weighted by Crippen LogP contribution is 2.30. The van der Waals surface area contributed by atoms with Crippen LogP contribution in [0.1, 0.15) is 16.8 Å². The number of nitrogens with one attached hydrogen (secondary N) is 1. The molecule has 0 unspecified atom stereocenters. The van der Waals surface area contributed by atoms with E-state index in [2.05, 4.69) is 5.10 Å². The molecule has 0 aliphatic rings. The van der Waals surface area contributed by atoms with E-state index >= 15 is 0 Å². The van der Waals surface area contributed by atoms with E-state index in [9.17, 15) is 18.0 Å². The summed E-state index contributed by atoms with van der Waals surface area (Å²) in [7, 11) is 0. The number of carbonyl (C=O) groups is 1. The summed E-state index contributed by atoms with van der Waals surface area (Å²) in [5.74, 6) is -0.610. The van der Waals surface area contributed by atoms with Crippen molar-refractivity contribution in [3.05, 3.63) is 59.4 Å². The first-order chi connectivity index (χ1) is 10.5. The van der Waals surface area contributed by atoms with Crippen molar-refractivity contribution in [3.63, 3.8) is 0 Å². The van der Waals surface area contributed by atoms with Gasteiger partial charge in [0.2, 0.25) is 0 Å². The van der Waals surface area contributed by atoms with Gasteiger partial charge in [-0.05, 0) is 11.6 Å². The number of rotatable bonds is 5. The van der Waals surface area contributed by atoms with Crippen LogP contribution < -0.4 is 0 Å². The molecule has 0 amide bonds. The number of nitrogens with zero attached hydrogens (tertiary/aromatic N) is 1. The summed E-state index contributed by atoms with van der Waals surface area (Å²) in [6.07, 6.45) is -0.674. The number of ether oxygens (including phenoxy) is 1. The fourth-order valence-electron chi connectivity index (χ4n) is 1.78. The molecule has 0 radical (unpaired) electrons. The van der Waals surface area contributed by atoms with Gasteiger partial charge in [0.05, 0.1) is 12.8 Å². The first-order valence-corrected chi connectivity index (χ1v) is 6.46. The zero-order valence-corrected chi connectivity index (χ0v) is 11.4. The van der Waals surface area contributed by atoms with Gasteiger partial charge in [0.25, 0.3) is 0 Å². The number of halogens is 3. The molecule has 1 aromatic carbocycles.